The molecule has 0 aliphatic rings. The number of hydrogen-bond acceptors (Lipinski definition) is 3. The van der Waals surface area contributed by atoms with E-state index in [9.17, 15) is 26.3 Å². The van der Waals surface area contributed by atoms with E-state index < -0.39 is 35.3 Å². The largest absolute Gasteiger partial charge is 0.433 e. The van der Waals surface area contributed by atoms with Gasteiger partial charge in [-0.3, -0.25) is 0 Å². The van der Waals surface area contributed by atoms with Gasteiger partial charge in [0.15, 0.2) is 6.10 Å². The number of benzene rings is 1. The molecule has 0 heterocycles. The molecule has 0 saturated carbocycles. The molecule has 0 aromatic heterocycles. The summed E-state index contributed by atoms with van der Waals surface area (Å²) in [5.41, 5.74) is 5.35. The van der Waals surface area contributed by atoms with Crippen LogP contribution in [0, 0.1) is 0 Å². The third kappa shape index (κ3) is 3.83. The molecule has 0 amide bonds. The maximum atomic E-state index is 13.2. The van der Waals surface area contributed by atoms with Crippen molar-refractivity contribution in [3.8, 4) is 5.75 Å². The van der Waals surface area contributed by atoms with E-state index in [1.165, 1.54) is 0 Å². The van der Waals surface area contributed by atoms with Gasteiger partial charge in [-0.2, -0.15) is 22.0 Å². The van der Waals surface area contributed by atoms with E-state index in [2.05, 4.69) is 4.74 Å². The van der Waals surface area contributed by atoms with E-state index in [0.29, 0.717) is 0 Å². The topological polar surface area (TPSA) is 55.5 Å². The van der Waals surface area contributed by atoms with Gasteiger partial charge in [-0.25, -0.2) is 4.39 Å². The Kier molecular flexibility index (Phi) is 4.65. The minimum atomic E-state index is -5.56. The van der Waals surface area contributed by atoms with Gasteiger partial charge in [0, 0.05) is 5.69 Å². The van der Waals surface area contributed by atoms with Gasteiger partial charge < -0.3 is 15.6 Å². The zero-order valence-electron chi connectivity index (χ0n) is 9.47. The SMILES string of the molecule is Nc1ccc(OC(F)(F)[C@@H](F)[C@@H](O)C(F)(F)F)c(Cl)c1. The minimum absolute atomic E-state index is 0.0813. The fraction of sp³-hybridized carbons (Fsp3) is 0.400. The average molecular weight is 324 g/mol. The number of nitrogen functional groups attached to an aromatic ring is 1. The highest BCUT2D eigenvalue weighted by atomic mass is 35.5. The lowest BCUT2D eigenvalue weighted by Gasteiger charge is -2.26. The Morgan fingerprint density at radius 1 is 1.20 bits per heavy atom. The second kappa shape index (κ2) is 5.57. The molecular formula is C10H8ClF6NO2. The van der Waals surface area contributed by atoms with Crippen LogP contribution in [0.5, 0.6) is 5.75 Å². The predicted octanol–water partition coefficient (Wildman–Crippen LogP) is 3.16. The molecule has 3 N–H and O–H groups in total. The van der Waals surface area contributed by atoms with Crippen molar-refractivity contribution in [2.45, 2.75) is 24.6 Å². The summed E-state index contributed by atoms with van der Waals surface area (Å²) in [5.74, 6) is -0.775. The minimum Gasteiger partial charge on any atom is -0.429 e. The lowest BCUT2D eigenvalue weighted by Crippen LogP contribution is -2.50. The molecule has 1 aromatic rings. The molecule has 0 radical (unpaired) electrons. The number of anilines is 1. The van der Waals surface area contributed by atoms with E-state index >= 15 is 0 Å². The summed E-state index contributed by atoms with van der Waals surface area (Å²) in [4.78, 5) is 0. The van der Waals surface area contributed by atoms with Gasteiger partial charge in [0.1, 0.15) is 5.75 Å². The first-order valence-corrected chi connectivity index (χ1v) is 5.33. The summed E-state index contributed by atoms with van der Waals surface area (Å²) < 4.78 is 79.2. The normalized spacial score (nSPS) is 15.8. The highest BCUT2D eigenvalue weighted by Gasteiger charge is 2.57. The fourth-order valence-corrected chi connectivity index (χ4v) is 1.38. The highest BCUT2D eigenvalue weighted by Crippen LogP contribution is 2.36. The summed E-state index contributed by atoms with van der Waals surface area (Å²) in [6.07, 6.45) is -18.4. The number of ether oxygens (including phenoxy) is 1. The summed E-state index contributed by atoms with van der Waals surface area (Å²) in [6, 6.07) is 2.89. The Morgan fingerprint density at radius 2 is 1.75 bits per heavy atom. The van der Waals surface area contributed by atoms with Crippen molar-refractivity contribution in [3.63, 3.8) is 0 Å². The molecule has 10 heteroatoms. The molecule has 3 nitrogen and oxygen atoms in total. The molecule has 1 rings (SSSR count). The molecule has 20 heavy (non-hydrogen) atoms. The number of alkyl halides is 6. The fourth-order valence-electron chi connectivity index (χ4n) is 1.15. The molecule has 0 fully saturated rings. The smallest absolute Gasteiger partial charge is 0.429 e. The van der Waals surface area contributed by atoms with Crippen LogP contribution in [-0.2, 0) is 0 Å². The zero-order chi connectivity index (χ0) is 15.7. The second-order valence-corrected chi connectivity index (χ2v) is 4.15. The van der Waals surface area contributed by atoms with E-state index in [1.54, 1.807) is 0 Å². The Balaban J connectivity index is 2.94. The molecule has 0 unspecified atom stereocenters. The maximum absolute atomic E-state index is 13.2. The Hall–Kier alpha value is -1.35. The van der Waals surface area contributed by atoms with E-state index in [4.69, 9.17) is 22.4 Å². The molecule has 1 aromatic carbocycles. The van der Waals surface area contributed by atoms with E-state index in [-0.39, 0.29) is 5.69 Å². The quantitative estimate of drug-likeness (QED) is 0.661. The van der Waals surface area contributed by atoms with Crippen LogP contribution < -0.4 is 10.5 Å². The molecule has 2 atom stereocenters. The van der Waals surface area contributed by atoms with Gasteiger partial charge >= 0.3 is 12.3 Å². The van der Waals surface area contributed by atoms with Crippen molar-refractivity contribution in [1.29, 1.82) is 0 Å². The number of hydrogen-bond donors (Lipinski definition) is 2. The Morgan fingerprint density at radius 3 is 2.20 bits per heavy atom. The van der Waals surface area contributed by atoms with Crippen LogP contribution in [-0.4, -0.2) is 29.7 Å². The van der Waals surface area contributed by atoms with Gasteiger partial charge in [0.25, 0.3) is 0 Å². The summed E-state index contributed by atoms with van der Waals surface area (Å²) in [7, 11) is 0. The van der Waals surface area contributed by atoms with Gasteiger partial charge in [-0.05, 0) is 18.2 Å². The first kappa shape index (κ1) is 16.7. The molecule has 0 saturated heterocycles. The maximum Gasteiger partial charge on any atom is 0.433 e. The second-order valence-electron chi connectivity index (χ2n) is 3.74. The van der Waals surface area contributed by atoms with Crippen LogP contribution in [0.15, 0.2) is 18.2 Å². The number of halogens is 7. The Bertz CT molecular complexity index is 481. The van der Waals surface area contributed by atoms with Crippen molar-refractivity contribution in [2.75, 3.05) is 5.73 Å². The molecule has 0 bridgehead atoms. The van der Waals surface area contributed by atoms with Gasteiger partial charge in [-0.1, -0.05) is 11.6 Å². The van der Waals surface area contributed by atoms with Crippen LogP contribution in [0.25, 0.3) is 0 Å². The van der Waals surface area contributed by atoms with Crippen molar-refractivity contribution in [1.82, 2.24) is 0 Å². The van der Waals surface area contributed by atoms with Crippen LogP contribution in [0.3, 0.4) is 0 Å². The Labute approximate surface area is 113 Å². The highest BCUT2D eigenvalue weighted by molar-refractivity contribution is 6.32. The first-order chi connectivity index (χ1) is 8.95. The molecule has 114 valence electrons. The summed E-state index contributed by atoms with van der Waals surface area (Å²) in [6.45, 7) is 0. The standard InChI is InChI=1S/C10H8ClF6NO2/c11-5-3-4(18)1-2-6(5)20-10(16,17)7(12)8(19)9(13,14)15/h1-3,7-8,19H,18H2/t7-,8+/m0/s1. The third-order valence-electron chi connectivity index (χ3n) is 2.14. The number of aliphatic hydroxyl groups excluding tert-OH is 1. The lowest BCUT2D eigenvalue weighted by molar-refractivity contribution is -0.291. The molecular weight excluding hydrogens is 316 g/mol. The molecule has 0 aliphatic heterocycles. The van der Waals surface area contributed by atoms with Crippen molar-refractivity contribution < 1.29 is 36.2 Å². The summed E-state index contributed by atoms with van der Waals surface area (Å²) >= 11 is 5.46. The van der Waals surface area contributed by atoms with Crippen LogP contribution in [0.1, 0.15) is 0 Å². The number of rotatable bonds is 4. The monoisotopic (exact) mass is 323 g/mol. The van der Waals surface area contributed by atoms with E-state index in [1.807, 2.05) is 0 Å². The van der Waals surface area contributed by atoms with Crippen molar-refractivity contribution in [3.05, 3.63) is 23.2 Å². The average Bonchev–Trinajstić information content (AvgIpc) is 2.29. The predicted molar refractivity (Wildman–Crippen MR) is 58.4 cm³/mol. The molecule has 0 spiro atoms. The van der Waals surface area contributed by atoms with Gasteiger partial charge in [0.2, 0.25) is 6.17 Å². The number of nitrogens with two attached hydrogens (primary N) is 1. The molecule has 0 aliphatic carbocycles. The van der Waals surface area contributed by atoms with Crippen LogP contribution in [0.4, 0.5) is 32.0 Å². The number of aliphatic hydroxyl groups is 1. The first-order valence-electron chi connectivity index (χ1n) is 4.96. The lowest BCUT2D eigenvalue weighted by atomic mass is 10.2. The van der Waals surface area contributed by atoms with Gasteiger partial charge in [0.05, 0.1) is 5.02 Å². The van der Waals surface area contributed by atoms with Gasteiger partial charge in [-0.15, -0.1) is 0 Å². The van der Waals surface area contributed by atoms with Crippen molar-refractivity contribution in [2.24, 2.45) is 0 Å². The van der Waals surface area contributed by atoms with Crippen LogP contribution in [0.2, 0.25) is 5.02 Å². The van der Waals surface area contributed by atoms with Crippen LogP contribution >= 0.6 is 11.6 Å². The summed E-state index contributed by atoms with van der Waals surface area (Å²) in [5, 5.41) is 8.02. The van der Waals surface area contributed by atoms with E-state index in [0.717, 1.165) is 18.2 Å². The third-order valence-corrected chi connectivity index (χ3v) is 2.43. The zero-order valence-corrected chi connectivity index (χ0v) is 10.2. The van der Waals surface area contributed by atoms with Crippen molar-refractivity contribution >= 4 is 17.3 Å².